The van der Waals surface area contributed by atoms with Crippen LogP contribution in [0.25, 0.3) is 10.9 Å². The first-order chi connectivity index (χ1) is 10.0. The molecule has 0 bridgehead atoms. The third kappa shape index (κ3) is 3.58. The van der Waals surface area contributed by atoms with Gasteiger partial charge >= 0.3 is 0 Å². The predicted octanol–water partition coefficient (Wildman–Crippen LogP) is 1.94. The van der Waals surface area contributed by atoms with E-state index in [-0.39, 0.29) is 6.42 Å². The number of fused-ring (bicyclic) bond motifs is 1. The number of carbonyl (C=O) groups is 2. The molecule has 1 aromatic heterocycles. The van der Waals surface area contributed by atoms with Gasteiger partial charge in [0.15, 0.2) is 0 Å². The number of carbonyl (C=O) groups excluding carboxylic acids is 2. The fourth-order valence-corrected chi connectivity index (χ4v) is 3.16. The van der Waals surface area contributed by atoms with E-state index in [2.05, 4.69) is 11.9 Å². The second-order valence-electron chi connectivity index (χ2n) is 4.92. The lowest BCUT2D eigenvalue weighted by atomic mass is 10.1. The number of rotatable bonds is 7. The molecule has 0 aliphatic heterocycles. The Labute approximate surface area is 127 Å². The van der Waals surface area contributed by atoms with Crippen molar-refractivity contribution < 1.29 is 9.59 Å². The number of aromatic amines is 1. The number of benzene rings is 1. The van der Waals surface area contributed by atoms with E-state index in [1.165, 1.54) is 5.56 Å². The predicted molar refractivity (Wildman–Crippen MR) is 86.2 cm³/mol. The Hall–Kier alpha value is -1.95. The van der Waals surface area contributed by atoms with Crippen LogP contribution in [0.2, 0.25) is 0 Å². The molecular formula is C15H19N3O2S. The Morgan fingerprint density at radius 1 is 1.29 bits per heavy atom. The highest BCUT2D eigenvalue weighted by Gasteiger charge is 2.17. The van der Waals surface area contributed by atoms with Crippen LogP contribution in [0.4, 0.5) is 0 Å². The molecule has 6 heteroatoms. The van der Waals surface area contributed by atoms with Crippen LogP contribution in [-0.4, -0.2) is 22.6 Å². The van der Waals surface area contributed by atoms with Gasteiger partial charge in [0.1, 0.15) is 0 Å². The summed E-state index contributed by atoms with van der Waals surface area (Å²) in [4.78, 5) is 25.8. The van der Waals surface area contributed by atoms with Crippen molar-refractivity contribution in [3.8, 4) is 0 Å². The lowest BCUT2D eigenvalue weighted by molar-refractivity contribution is -0.117. The standard InChI is InChI=1S/C15H19N3O2S/c1-2-5-21-8-9-3-4-10-11(6-9)18-12(7-13(16)19)14(10)15(17)20/h3-4,6,18H,2,5,7-8H2,1H3,(H2,16,19)(H2,17,20). The van der Waals surface area contributed by atoms with Crippen LogP contribution in [0.5, 0.6) is 0 Å². The molecule has 0 saturated heterocycles. The molecule has 0 atom stereocenters. The SMILES string of the molecule is CCCSCc1ccc2c(C(N)=O)c(CC(N)=O)[nH]c2c1. The second kappa shape index (κ2) is 6.67. The van der Waals surface area contributed by atoms with Crippen molar-refractivity contribution in [1.82, 2.24) is 4.98 Å². The van der Waals surface area contributed by atoms with Crippen LogP contribution < -0.4 is 11.5 Å². The normalized spacial score (nSPS) is 10.9. The molecule has 2 amide bonds. The van der Waals surface area contributed by atoms with Gasteiger partial charge in [-0.25, -0.2) is 0 Å². The molecule has 2 aromatic rings. The third-order valence-electron chi connectivity index (χ3n) is 3.16. The average Bonchev–Trinajstić information content (AvgIpc) is 2.75. The van der Waals surface area contributed by atoms with Crippen molar-refractivity contribution in [1.29, 1.82) is 0 Å². The average molecular weight is 305 g/mol. The van der Waals surface area contributed by atoms with Gasteiger partial charge in [-0.1, -0.05) is 19.1 Å². The Bertz CT molecular complexity index is 679. The zero-order chi connectivity index (χ0) is 15.4. The molecule has 0 unspecified atom stereocenters. The maximum Gasteiger partial charge on any atom is 0.251 e. The summed E-state index contributed by atoms with van der Waals surface area (Å²) in [7, 11) is 0. The van der Waals surface area contributed by atoms with Gasteiger partial charge < -0.3 is 16.5 Å². The lowest BCUT2D eigenvalue weighted by Gasteiger charge is -2.01. The quantitative estimate of drug-likeness (QED) is 0.681. The fraction of sp³-hybridized carbons (Fsp3) is 0.333. The Morgan fingerprint density at radius 2 is 2.05 bits per heavy atom. The minimum absolute atomic E-state index is 0.0210. The summed E-state index contributed by atoms with van der Waals surface area (Å²) >= 11 is 1.86. The Balaban J connectivity index is 2.39. The molecule has 0 aliphatic carbocycles. The molecule has 5 N–H and O–H groups in total. The number of amides is 2. The van der Waals surface area contributed by atoms with Crippen LogP contribution in [0, 0.1) is 0 Å². The second-order valence-corrected chi connectivity index (χ2v) is 6.02. The van der Waals surface area contributed by atoms with Gasteiger partial charge in [0, 0.05) is 22.3 Å². The zero-order valence-electron chi connectivity index (χ0n) is 11.9. The third-order valence-corrected chi connectivity index (χ3v) is 4.39. The summed E-state index contributed by atoms with van der Waals surface area (Å²) in [5.41, 5.74) is 13.5. The van der Waals surface area contributed by atoms with Crippen LogP contribution in [-0.2, 0) is 17.0 Å². The van der Waals surface area contributed by atoms with E-state index in [1.807, 2.05) is 30.0 Å². The van der Waals surface area contributed by atoms with E-state index in [0.717, 1.165) is 28.8 Å². The first-order valence-corrected chi connectivity index (χ1v) is 7.97. The van der Waals surface area contributed by atoms with Gasteiger partial charge in [0.25, 0.3) is 5.91 Å². The number of primary amides is 2. The molecule has 112 valence electrons. The number of H-pyrrole nitrogens is 1. The summed E-state index contributed by atoms with van der Waals surface area (Å²) in [6.45, 7) is 2.15. The summed E-state index contributed by atoms with van der Waals surface area (Å²) in [5, 5.41) is 0.739. The van der Waals surface area contributed by atoms with E-state index in [1.54, 1.807) is 0 Å². The minimum atomic E-state index is -0.550. The molecule has 5 nitrogen and oxygen atoms in total. The number of thioether (sulfide) groups is 1. The van der Waals surface area contributed by atoms with Crippen LogP contribution >= 0.6 is 11.8 Å². The maximum atomic E-state index is 11.6. The number of hydrogen-bond donors (Lipinski definition) is 3. The van der Waals surface area contributed by atoms with Gasteiger partial charge in [-0.15, -0.1) is 0 Å². The van der Waals surface area contributed by atoms with Gasteiger partial charge in [0.2, 0.25) is 5.91 Å². The van der Waals surface area contributed by atoms with Crippen molar-refractivity contribution in [2.24, 2.45) is 11.5 Å². The van der Waals surface area contributed by atoms with E-state index < -0.39 is 11.8 Å². The number of aromatic nitrogens is 1. The van der Waals surface area contributed by atoms with E-state index >= 15 is 0 Å². The number of nitrogens with two attached hydrogens (primary N) is 2. The van der Waals surface area contributed by atoms with Crippen molar-refractivity contribution in [3.05, 3.63) is 35.0 Å². The molecule has 0 aliphatic rings. The van der Waals surface area contributed by atoms with Crippen molar-refractivity contribution in [2.45, 2.75) is 25.5 Å². The first-order valence-electron chi connectivity index (χ1n) is 6.82. The van der Waals surface area contributed by atoms with Gasteiger partial charge in [0.05, 0.1) is 12.0 Å². The lowest BCUT2D eigenvalue weighted by Crippen LogP contribution is -2.18. The first kappa shape index (κ1) is 15.4. The van der Waals surface area contributed by atoms with Crippen LogP contribution in [0.3, 0.4) is 0 Å². The van der Waals surface area contributed by atoms with Crippen molar-refractivity contribution in [2.75, 3.05) is 5.75 Å². The van der Waals surface area contributed by atoms with E-state index in [9.17, 15) is 9.59 Å². The van der Waals surface area contributed by atoms with Gasteiger partial charge in [-0.05, 0) is 23.8 Å². The summed E-state index contributed by atoms with van der Waals surface area (Å²) in [6, 6.07) is 5.85. The van der Waals surface area contributed by atoms with Crippen molar-refractivity contribution in [3.63, 3.8) is 0 Å². The van der Waals surface area contributed by atoms with Crippen molar-refractivity contribution >= 4 is 34.5 Å². The highest BCUT2D eigenvalue weighted by molar-refractivity contribution is 7.98. The molecule has 1 aromatic carbocycles. The van der Waals surface area contributed by atoms with E-state index in [4.69, 9.17) is 11.5 Å². The molecule has 0 saturated carbocycles. The Morgan fingerprint density at radius 3 is 2.67 bits per heavy atom. The zero-order valence-corrected chi connectivity index (χ0v) is 12.8. The fourth-order valence-electron chi connectivity index (χ4n) is 2.31. The molecule has 0 fully saturated rings. The largest absolute Gasteiger partial charge is 0.369 e. The van der Waals surface area contributed by atoms with E-state index in [0.29, 0.717) is 11.3 Å². The molecular weight excluding hydrogens is 286 g/mol. The molecule has 0 radical (unpaired) electrons. The molecule has 1 heterocycles. The summed E-state index contributed by atoms with van der Waals surface area (Å²) in [5.74, 6) is 0.982. The monoisotopic (exact) mass is 305 g/mol. The highest BCUT2D eigenvalue weighted by Crippen LogP contribution is 2.25. The van der Waals surface area contributed by atoms with Crippen LogP contribution in [0.1, 0.15) is 35.0 Å². The number of hydrogen-bond acceptors (Lipinski definition) is 3. The molecule has 0 spiro atoms. The minimum Gasteiger partial charge on any atom is -0.369 e. The smallest absolute Gasteiger partial charge is 0.251 e. The van der Waals surface area contributed by atoms with Crippen LogP contribution in [0.15, 0.2) is 18.2 Å². The van der Waals surface area contributed by atoms with Gasteiger partial charge in [-0.3, -0.25) is 9.59 Å². The summed E-state index contributed by atoms with van der Waals surface area (Å²) < 4.78 is 0. The molecule has 2 rings (SSSR count). The highest BCUT2D eigenvalue weighted by atomic mass is 32.2. The molecule has 21 heavy (non-hydrogen) atoms. The Kier molecular flexibility index (Phi) is 4.90. The summed E-state index contributed by atoms with van der Waals surface area (Å²) in [6.07, 6.45) is 1.12. The number of nitrogens with one attached hydrogen (secondary N) is 1. The van der Waals surface area contributed by atoms with Gasteiger partial charge in [-0.2, -0.15) is 11.8 Å². The maximum absolute atomic E-state index is 11.6. The topological polar surface area (TPSA) is 102 Å².